The van der Waals surface area contributed by atoms with Crippen LogP contribution in [0.2, 0.25) is 0 Å². The van der Waals surface area contributed by atoms with Crippen molar-refractivity contribution in [2.24, 2.45) is 0 Å². The van der Waals surface area contributed by atoms with Crippen molar-refractivity contribution in [2.45, 2.75) is 38.9 Å². The van der Waals surface area contributed by atoms with E-state index in [4.69, 9.17) is 14.2 Å². The van der Waals surface area contributed by atoms with Gasteiger partial charge in [-0.05, 0) is 19.3 Å². The zero-order chi connectivity index (χ0) is 10.6. The van der Waals surface area contributed by atoms with Crippen LogP contribution in [0.25, 0.3) is 0 Å². The van der Waals surface area contributed by atoms with Crippen molar-refractivity contribution in [3.8, 4) is 0 Å². The molecule has 0 amide bonds. The van der Waals surface area contributed by atoms with Crippen molar-refractivity contribution >= 4 is 0 Å². The molecule has 0 aliphatic rings. The van der Waals surface area contributed by atoms with Crippen molar-refractivity contribution in [1.29, 1.82) is 0 Å². The Balaban J connectivity index is 3.44. The number of unbranched alkanes of at least 4 members (excludes halogenated alkanes) is 1. The SMILES string of the molecule is [CH2]CCC(OCCCC)OCCOC. The Labute approximate surface area is 87.7 Å². The lowest BCUT2D eigenvalue weighted by Crippen LogP contribution is -2.20. The van der Waals surface area contributed by atoms with Crippen LogP contribution in [0, 0.1) is 6.92 Å². The molecule has 0 N–H and O–H groups in total. The van der Waals surface area contributed by atoms with Crippen LogP contribution >= 0.6 is 0 Å². The van der Waals surface area contributed by atoms with Gasteiger partial charge in [-0.15, -0.1) is 0 Å². The molecule has 0 saturated carbocycles. The van der Waals surface area contributed by atoms with E-state index in [9.17, 15) is 0 Å². The van der Waals surface area contributed by atoms with Crippen molar-refractivity contribution < 1.29 is 14.2 Å². The lowest BCUT2D eigenvalue weighted by Gasteiger charge is -2.17. The molecule has 85 valence electrons. The van der Waals surface area contributed by atoms with Crippen molar-refractivity contribution in [3.05, 3.63) is 6.92 Å². The molecule has 0 fully saturated rings. The average molecular weight is 203 g/mol. The zero-order valence-electron chi connectivity index (χ0n) is 9.46. The lowest BCUT2D eigenvalue weighted by atomic mass is 10.3. The minimum absolute atomic E-state index is 0.103. The highest BCUT2D eigenvalue weighted by atomic mass is 16.7. The van der Waals surface area contributed by atoms with Gasteiger partial charge in [-0.2, -0.15) is 0 Å². The molecule has 0 bridgehead atoms. The summed E-state index contributed by atoms with van der Waals surface area (Å²) in [5, 5.41) is 0. The predicted molar refractivity (Wildman–Crippen MR) is 57.1 cm³/mol. The van der Waals surface area contributed by atoms with Gasteiger partial charge in [0.1, 0.15) is 0 Å². The lowest BCUT2D eigenvalue weighted by molar-refractivity contribution is -0.152. The zero-order valence-corrected chi connectivity index (χ0v) is 9.46. The van der Waals surface area contributed by atoms with E-state index < -0.39 is 0 Å². The van der Waals surface area contributed by atoms with E-state index in [-0.39, 0.29) is 6.29 Å². The molecule has 0 aliphatic heterocycles. The Kier molecular flexibility index (Phi) is 10.9. The van der Waals surface area contributed by atoms with E-state index in [2.05, 4.69) is 13.8 Å². The molecular weight excluding hydrogens is 180 g/mol. The van der Waals surface area contributed by atoms with Crippen LogP contribution in [0.4, 0.5) is 0 Å². The molecule has 1 unspecified atom stereocenters. The van der Waals surface area contributed by atoms with E-state index >= 15 is 0 Å². The van der Waals surface area contributed by atoms with Gasteiger partial charge in [0.2, 0.25) is 0 Å². The van der Waals surface area contributed by atoms with Crippen molar-refractivity contribution in [3.63, 3.8) is 0 Å². The molecule has 0 rings (SSSR count). The third-order valence-corrected chi connectivity index (χ3v) is 1.83. The summed E-state index contributed by atoms with van der Waals surface area (Å²) in [4.78, 5) is 0. The van der Waals surface area contributed by atoms with Crippen molar-refractivity contribution in [1.82, 2.24) is 0 Å². The van der Waals surface area contributed by atoms with Gasteiger partial charge in [-0.25, -0.2) is 0 Å². The molecule has 0 saturated heterocycles. The Morgan fingerprint density at radius 3 is 2.43 bits per heavy atom. The summed E-state index contributed by atoms with van der Waals surface area (Å²) < 4.78 is 15.9. The van der Waals surface area contributed by atoms with Crippen LogP contribution in [0.15, 0.2) is 0 Å². The Morgan fingerprint density at radius 1 is 1.14 bits per heavy atom. The molecule has 0 aromatic heterocycles. The van der Waals surface area contributed by atoms with Gasteiger partial charge in [-0.3, -0.25) is 0 Å². The molecule has 0 spiro atoms. The van der Waals surface area contributed by atoms with Crippen LogP contribution in [0.5, 0.6) is 0 Å². The molecule has 0 aliphatic carbocycles. The van der Waals surface area contributed by atoms with Gasteiger partial charge in [-0.1, -0.05) is 20.3 Å². The summed E-state index contributed by atoms with van der Waals surface area (Å²) in [6.45, 7) is 7.91. The molecule has 1 atom stereocenters. The summed E-state index contributed by atoms with van der Waals surface area (Å²) >= 11 is 0. The monoisotopic (exact) mass is 203 g/mol. The van der Waals surface area contributed by atoms with Crippen molar-refractivity contribution in [2.75, 3.05) is 26.9 Å². The first kappa shape index (κ1) is 13.9. The van der Waals surface area contributed by atoms with Crippen LogP contribution in [-0.4, -0.2) is 33.2 Å². The maximum absolute atomic E-state index is 5.55. The van der Waals surface area contributed by atoms with Gasteiger partial charge in [0.15, 0.2) is 6.29 Å². The van der Waals surface area contributed by atoms with Gasteiger partial charge in [0.05, 0.1) is 13.2 Å². The molecule has 1 radical (unpaired) electrons. The summed E-state index contributed by atoms with van der Waals surface area (Å²) in [6.07, 6.45) is 3.82. The second-order valence-corrected chi connectivity index (χ2v) is 3.16. The number of rotatable bonds is 10. The van der Waals surface area contributed by atoms with E-state index in [0.29, 0.717) is 13.2 Å². The van der Waals surface area contributed by atoms with Crippen LogP contribution in [0.1, 0.15) is 32.6 Å². The fraction of sp³-hybridized carbons (Fsp3) is 0.909. The Hall–Kier alpha value is -0.120. The fourth-order valence-corrected chi connectivity index (χ4v) is 1.00. The molecule has 0 aromatic carbocycles. The highest BCUT2D eigenvalue weighted by Gasteiger charge is 2.07. The topological polar surface area (TPSA) is 27.7 Å². The predicted octanol–water partition coefficient (Wildman–Crippen LogP) is 2.41. The van der Waals surface area contributed by atoms with Gasteiger partial charge >= 0.3 is 0 Å². The first-order valence-corrected chi connectivity index (χ1v) is 5.36. The molecule has 3 nitrogen and oxygen atoms in total. The van der Waals surface area contributed by atoms with E-state index in [0.717, 1.165) is 32.3 Å². The quantitative estimate of drug-likeness (QED) is 0.403. The number of ether oxygens (including phenoxy) is 3. The summed E-state index contributed by atoms with van der Waals surface area (Å²) in [7, 11) is 1.66. The smallest absolute Gasteiger partial charge is 0.157 e. The highest BCUT2D eigenvalue weighted by molar-refractivity contribution is 4.48. The standard InChI is InChI=1S/C11H23O3/c1-4-6-8-13-11(7-5-2)14-10-9-12-3/h11H,2,4-10H2,1,3H3. The fourth-order valence-electron chi connectivity index (χ4n) is 1.00. The number of hydrogen-bond acceptors (Lipinski definition) is 3. The largest absolute Gasteiger partial charge is 0.382 e. The second-order valence-electron chi connectivity index (χ2n) is 3.16. The molecular formula is C11H23O3. The third-order valence-electron chi connectivity index (χ3n) is 1.83. The van der Waals surface area contributed by atoms with E-state index in [1.807, 2.05) is 0 Å². The average Bonchev–Trinajstić information content (AvgIpc) is 2.18. The van der Waals surface area contributed by atoms with Gasteiger partial charge in [0, 0.05) is 13.7 Å². The maximum Gasteiger partial charge on any atom is 0.157 e. The summed E-state index contributed by atoms with van der Waals surface area (Å²) in [5.74, 6) is 0. The molecule has 14 heavy (non-hydrogen) atoms. The third kappa shape index (κ3) is 8.48. The summed E-state index contributed by atoms with van der Waals surface area (Å²) in [6, 6.07) is 0. The Morgan fingerprint density at radius 2 is 1.86 bits per heavy atom. The molecule has 3 heteroatoms. The second kappa shape index (κ2) is 11.0. The Bertz CT molecular complexity index is 96.7. The van der Waals surface area contributed by atoms with Gasteiger partial charge in [0.25, 0.3) is 0 Å². The number of methoxy groups -OCH3 is 1. The maximum atomic E-state index is 5.55. The van der Waals surface area contributed by atoms with Crippen LogP contribution < -0.4 is 0 Å². The highest BCUT2D eigenvalue weighted by Crippen LogP contribution is 2.05. The van der Waals surface area contributed by atoms with E-state index in [1.54, 1.807) is 7.11 Å². The minimum atomic E-state index is -0.103. The molecule has 0 aromatic rings. The first-order valence-electron chi connectivity index (χ1n) is 5.36. The van der Waals surface area contributed by atoms with Crippen LogP contribution in [-0.2, 0) is 14.2 Å². The normalized spacial score (nSPS) is 13.1. The van der Waals surface area contributed by atoms with E-state index in [1.165, 1.54) is 0 Å². The van der Waals surface area contributed by atoms with Gasteiger partial charge < -0.3 is 14.2 Å². The number of hydrogen-bond donors (Lipinski definition) is 0. The van der Waals surface area contributed by atoms with Crippen LogP contribution in [0.3, 0.4) is 0 Å². The summed E-state index contributed by atoms with van der Waals surface area (Å²) in [5.41, 5.74) is 0. The minimum Gasteiger partial charge on any atom is -0.382 e. The molecule has 0 heterocycles. The first-order chi connectivity index (χ1) is 6.85.